The Labute approximate surface area is 177 Å². The lowest BCUT2D eigenvalue weighted by atomic mass is 9.99. The molecular formula is C20H21ClN2O5S. The monoisotopic (exact) mass is 436 g/mol. The third-order valence-corrected chi connectivity index (χ3v) is 5.81. The van der Waals surface area contributed by atoms with Crippen molar-refractivity contribution in [1.29, 1.82) is 0 Å². The minimum Gasteiger partial charge on any atom is -0.466 e. The van der Waals surface area contributed by atoms with Crippen LogP contribution in [0.15, 0.2) is 24.3 Å². The van der Waals surface area contributed by atoms with Crippen LogP contribution in [0.1, 0.15) is 47.0 Å². The van der Waals surface area contributed by atoms with Gasteiger partial charge in [0.15, 0.2) is 0 Å². The zero-order chi connectivity index (χ0) is 21.0. The molecule has 0 saturated carbocycles. The van der Waals surface area contributed by atoms with E-state index in [1.165, 1.54) is 11.3 Å². The van der Waals surface area contributed by atoms with Gasteiger partial charge in [0.1, 0.15) is 5.00 Å². The first kappa shape index (κ1) is 21.1. The minimum absolute atomic E-state index is 0.182. The summed E-state index contributed by atoms with van der Waals surface area (Å²) in [5.41, 5.74) is 1.34. The van der Waals surface area contributed by atoms with E-state index in [4.69, 9.17) is 21.1 Å². The molecule has 0 unspecified atom stereocenters. The summed E-state index contributed by atoms with van der Waals surface area (Å²) in [7, 11) is 0. The summed E-state index contributed by atoms with van der Waals surface area (Å²) in [6.07, 6.45) is 1.20. The molecule has 1 aromatic carbocycles. The number of anilines is 2. The third kappa shape index (κ3) is 4.71. The van der Waals surface area contributed by atoms with Gasteiger partial charge < -0.3 is 14.8 Å². The number of ether oxygens (including phenoxy) is 2. The first-order valence-corrected chi connectivity index (χ1v) is 10.5. The molecule has 9 heteroatoms. The Morgan fingerprint density at radius 2 is 1.93 bits per heavy atom. The van der Waals surface area contributed by atoms with E-state index in [0.29, 0.717) is 34.1 Å². The van der Waals surface area contributed by atoms with Crippen molar-refractivity contribution >= 4 is 51.6 Å². The van der Waals surface area contributed by atoms with Crippen LogP contribution < -0.4 is 10.6 Å². The second-order valence-electron chi connectivity index (χ2n) is 6.30. The highest BCUT2D eigenvalue weighted by atomic mass is 35.5. The van der Waals surface area contributed by atoms with Gasteiger partial charge in [-0.2, -0.15) is 0 Å². The Hall–Kier alpha value is -2.58. The Morgan fingerprint density at radius 1 is 1.17 bits per heavy atom. The molecule has 2 N–H and O–H groups in total. The summed E-state index contributed by atoms with van der Waals surface area (Å²) in [6, 6.07) is 6.20. The zero-order valence-corrected chi connectivity index (χ0v) is 17.6. The third-order valence-electron chi connectivity index (χ3n) is 4.39. The van der Waals surface area contributed by atoms with E-state index in [1.807, 2.05) is 0 Å². The first-order chi connectivity index (χ1) is 13.9. The zero-order valence-electron chi connectivity index (χ0n) is 16.0. The molecule has 154 valence electrons. The molecule has 1 heterocycles. The molecule has 0 saturated heterocycles. The number of amides is 2. The molecule has 1 aliphatic rings. The molecule has 1 aliphatic carbocycles. The van der Waals surface area contributed by atoms with Gasteiger partial charge in [0.25, 0.3) is 0 Å². The number of carbonyl (C=O) groups is 3. The number of esters is 2. The maximum Gasteiger partial charge on any atom is 0.341 e. The van der Waals surface area contributed by atoms with Gasteiger partial charge in [-0.25, -0.2) is 9.59 Å². The SMILES string of the molecule is CCOC(=O)c1c(NC(=O)Nc2cccc(Cl)c2)sc2c1[C@@H](C(=O)OCC)CC2. The largest absolute Gasteiger partial charge is 0.466 e. The molecule has 0 spiro atoms. The molecule has 2 aromatic rings. The van der Waals surface area contributed by atoms with Gasteiger partial charge in [0.05, 0.1) is 24.7 Å². The molecule has 0 radical (unpaired) electrons. The number of nitrogens with one attached hydrogen (secondary N) is 2. The van der Waals surface area contributed by atoms with Crippen LogP contribution in [0.25, 0.3) is 0 Å². The summed E-state index contributed by atoms with van der Waals surface area (Å²) < 4.78 is 10.3. The molecule has 29 heavy (non-hydrogen) atoms. The number of carbonyl (C=O) groups excluding carboxylic acids is 3. The number of fused-ring (bicyclic) bond motifs is 1. The smallest absolute Gasteiger partial charge is 0.341 e. The van der Waals surface area contributed by atoms with Crippen molar-refractivity contribution in [2.45, 2.75) is 32.6 Å². The van der Waals surface area contributed by atoms with Crippen molar-refractivity contribution in [2.24, 2.45) is 0 Å². The van der Waals surface area contributed by atoms with Crippen molar-refractivity contribution in [1.82, 2.24) is 0 Å². The first-order valence-electron chi connectivity index (χ1n) is 9.27. The van der Waals surface area contributed by atoms with Gasteiger partial charge in [0, 0.05) is 15.6 Å². The number of urea groups is 1. The maximum absolute atomic E-state index is 12.6. The topological polar surface area (TPSA) is 93.7 Å². The number of rotatable bonds is 6. The van der Waals surface area contributed by atoms with Crippen molar-refractivity contribution < 1.29 is 23.9 Å². The van der Waals surface area contributed by atoms with Crippen molar-refractivity contribution in [3.63, 3.8) is 0 Å². The highest BCUT2D eigenvalue weighted by molar-refractivity contribution is 7.17. The number of hydrogen-bond donors (Lipinski definition) is 2. The Kier molecular flexibility index (Phi) is 6.76. The average Bonchev–Trinajstić information content (AvgIpc) is 3.20. The fraction of sp³-hybridized carbons (Fsp3) is 0.350. The van der Waals surface area contributed by atoms with Crippen LogP contribution in [-0.2, 0) is 20.7 Å². The Morgan fingerprint density at radius 3 is 2.62 bits per heavy atom. The highest BCUT2D eigenvalue weighted by Crippen LogP contribution is 2.46. The summed E-state index contributed by atoms with van der Waals surface area (Å²) in [5.74, 6) is -1.48. The van der Waals surface area contributed by atoms with Crippen LogP contribution >= 0.6 is 22.9 Å². The van der Waals surface area contributed by atoms with E-state index in [0.717, 1.165) is 4.88 Å². The molecule has 2 amide bonds. The predicted molar refractivity (Wildman–Crippen MR) is 112 cm³/mol. The van der Waals surface area contributed by atoms with Gasteiger partial charge >= 0.3 is 18.0 Å². The number of halogens is 1. The predicted octanol–water partition coefficient (Wildman–Crippen LogP) is 4.82. The van der Waals surface area contributed by atoms with E-state index in [9.17, 15) is 14.4 Å². The second kappa shape index (κ2) is 9.28. The fourth-order valence-electron chi connectivity index (χ4n) is 3.27. The van der Waals surface area contributed by atoms with E-state index in [2.05, 4.69) is 10.6 Å². The Balaban J connectivity index is 1.88. The van der Waals surface area contributed by atoms with Crippen LogP contribution in [0.5, 0.6) is 0 Å². The second-order valence-corrected chi connectivity index (χ2v) is 7.84. The fourth-order valence-corrected chi connectivity index (χ4v) is 4.72. The van der Waals surface area contributed by atoms with Crippen molar-refractivity contribution in [3.05, 3.63) is 45.3 Å². The number of hydrogen-bond acceptors (Lipinski definition) is 6. The number of thiophene rings is 1. The van der Waals surface area contributed by atoms with Gasteiger partial charge in [0.2, 0.25) is 0 Å². The normalized spacial score (nSPS) is 14.8. The van der Waals surface area contributed by atoms with E-state index in [1.54, 1.807) is 38.1 Å². The molecule has 7 nitrogen and oxygen atoms in total. The molecule has 0 bridgehead atoms. The summed E-state index contributed by atoms with van der Waals surface area (Å²) in [4.78, 5) is 38.4. The van der Waals surface area contributed by atoms with Crippen LogP contribution in [-0.4, -0.2) is 31.2 Å². The maximum atomic E-state index is 12.6. The quantitative estimate of drug-likeness (QED) is 0.633. The van der Waals surface area contributed by atoms with Gasteiger partial charge in [-0.1, -0.05) is 17.7 Å². The number of benzene rings is 1. The van der Waals surface area contributed by atoms with E-state index in [-0.39, 0.29) is 24.7 Å². The lowest BCUT2D eigenvalue weighted by Crippen LogP contribution is -2.22. The van der Waals surface area contributed by atoms with Crippen molar-refractivity contribution in [3.8, 4) is 0 Å². The molecule has 1 aromatic heterocycles. The Bertz CT molecular complexity index is 943. The van der Waals surface area contributed by atoms with Gasteiger partial charge in [-0.15, -0.1) is 11.3 Å². The van der Waals surface area contributed by atoms with Gasteiger partial charge in [-0.05, 0) is 50.5 Å². The number of aryl methyl sites for hydroxylation is 1. The standard InChI is InChI=1S/C20H21ClN2O5S/c1-3-27-18(24)13-8-9-14-15(13)16(19(25)28-4-2)17(29-14)23-20(26)22-12-7-5-6-11(21)10-12/h5-7,10,13H,3-4,8-9H2,1-2H3,(H2,22,23,26)/t13-/m0/s1. The van der Waals surface area contributed by atoms with Crippen LogP contribution in [0.4, 0.5) is 15.5 Å². The van der Waals surface area contributed by atoms with Crippen LogP contribution in [0.3, 0.4) is 0 Å². The molecule has 3 rings (SSSR count). The van der Waals surface area contributed by atoms with E-state index < -0.39 is 17.9 Å². The van der Waals surface area contributed by atoms with Crippen LogP contribution in [0.2, 0.25) is 5.02 Å². The summed E-state index contributed by atoms with van der Waals surface area (Å²) in [6.45, 7) is 3.88. The molecule has 0 aliphatic heterocycles. The van der Waals surface area contributed by atoms with Crippen molar-refractivity contribution in [2.75, 3.05) is 23.8 Å². The lowest BCUT2D eigenvalue weighted by molar-refractivity contribution is -0.144. The summed E-state index contributed by atoms with van der Waals surface area (Å²) >= 11 is 7.21. The van der Waals surface area contributed by atoms with E-state index >= 15 is 0 Å². The highest BCUT2D eigenvalue weighted by Gasteiger charge is 2.38. The average molecular weight is 437 g/mol. The van der Waals surface area contributed by atoms with Crippen LogP contribution in [0, 0.1) is 0 Å². The van der Waals surface area contributed by atoms with Gasteiger partial charge in [-0.3, -0.25) is 10.1 Å². The molecular weight excluding hydrogens is 416 g/mol. The molecule has 0 fully saturated rings. The lowest BCUT2D eigenvalue weighted by Gasteiger charge is -2.13. The summed E-state index contributed by atoms with van der Waals surface area (Å²) in [5, 5.41) is 6.23. The molecule has 1 atom stereocenters. The minimum atomic E-state index is -0.570.